The van der Waals surface area contributed by atoms with E-state index in [-0.39, 0.29) is 12.2 Å². The molecule has 26 heavy (non-hydrogen) atoms. The predicted molar refractivity (Wildman–Crippen MR) is 105 cm³/mol. The lowest BCUT2D eigenvalue weighted by molar-refractivity contribution is 0.0241. The molecule has 0 aromatic rings. The number of piperidine rings is 1. The van der Waals surface area contributed by atoms with Gasteiger partial charge in [0.2, 0.25) is 0 Å². The molecule has 0 aromatic heterocycles. The zero-order chi connectivity index (χ0) is 19.1. The minimum absolute atomic E-state index is 0.00216. The number of ether oxygens (including phenoxy) is 1. The molecule has 2 rings (SSSR count). The first-order valence-corrected chi connectivity index (χ1v) is 9.53. The van der Waals surface area contributed by atoms with Crippen LogP contribution in [0.5, 0.6) is 0 Å². The van der Waals surface area contributed by atoms with Crippen LogP contribution < -0.4 is 0 Å². The van der Waals surface area contributed by atoms with E-state index < -0.39 is 0 Å². The Morgan fingerprint density at radius 3 is 2.27 bits per heavy atom. The smallest absolute Gasteiger partial charge is 0.410 e. The third-order valence-electron chi connectivity index (χ3n) is 5.14. The van der Waals surface area contributed by atoms with Gasteiger partial charge in [-0.3, -0.25) is 4.90 Å². The van der Waals surface area contributed by atoms with E-state index in [0.29, 0.717) is 6.04 Å². The molecule has 2 aliphatic heterocycles. The summed E-state index contributed by atoms with van der Waals surface area (Å²) in [7, 11) is 0. The second kappa shape index (κ2) is 9.63. The number of hydrogen-bond acceptors (Lipinski definition) is 4. The second-order valence-electron chi connectivity index (χ2n) is 7.32. The number of carbonyl (C=O) groups is 1. The molecule has 0 bridgehead atoms. The summed E-state index contributed by atoms with van der Waals surface area (Å²) < 4.78 is 5.73. The van der Waals surface area contributed by atoms with Crippen LogP contribution in [0, 0.1) is 12.3 Å². The second-order valence-corrected chi connectivity index (χ2v) is 7.32. The van der Waals surface area contributed by atoms with Crippen molar-refractivity contribution in [1.82, 2.24) is 14.7 Å². The molecule has 1 amide bonds. The highest BCUT2D eigenvalue weighted by molar-refractivity contribution is 5.80. The lowest BCUT2D eigenvalue weighted by Gasteiger charge is -2.38. The molecule has 0 atom stereocenters. The zero-order valence-electron chi connectivity index (χ0n) is 16.6. The minimum Gasteiger partial charge on any atom is -0.446 e. The molecule has 0 saturated carbocycles. The van der Waals surface area contributed by atoms with Crippen LogP contribution >= 0.6 is 0 Å². The fourth-order valence-electron chi connectivity index (χ4n) is 3.24. The van der Waals surface area contributed by atoms with Gasteiger partial charge in [-0.15, -0.1) is 6.42 Å². The van der Waals surface area contributed by atoms with Crippen molar-refractivity contribution >= 4 is 11.9 Å². The van der Waals surface area contributed by atoms with Crippen molar-refractivity contribution in [2.75, 3.05) is 39.3 Å². The summed E-state index contributed by atoms with van der Waals surface area (Å²) in [5.74, 6) is 3.52. The Morgan fingerprint density at radius 2 is 1.73 bits per heavy atom. The molecule has 0 aromatic carbocycles. The zero-order valence-corrected chi connectivity index (χ0v) is 16.6. The molecule has 2 aliphatic rings. The molecule has 0 unspecified atom stereocenters. The van der Waals surface area contributed by atoms with Crippen LogP contribution in [0.25, 0.3) is 0 Å². The highest BCUT2D eigenvalue weighted by Crippen LogP contribution is 2.16. The van der Waals surface area contributed by atoms with Gasteiger partial charge in [0.25, 0.3) is 0 Å². The van der Waals surface area contributed by atoms with Gasteiger partial charge in [-0.1, -0.05) is 5.92 Å². The average Bonchev–Trinajstić information content (AvgIpc) is 2.66. The number of rotatable bonds is 3. The molecule has 0 radical (unpaired) electrons. The fraction of sp³-hybridized carbons (Fsp3) is 0.700. The Hall–Kier alpha value is -2.00. The summed E-state index contributed by atoms with van der Waals surface area (Å²) in [4.78, 5) is 23.2. The molecule has 6 heteroatoms. The number of amidine groups is 1. The molecule has 0 aliphatic carbocycles. The van der Waals surface area contributed by atoms with Crippen LogP contribution in [-0.2, 0) is 4.74 Å². The third kappa shape index (κ3) is 5.77. The van der Waals surface area contributed by atoms with E-state index in [9.17, 15) is 4.79 Å². The molecule has 2 saturated heterocycles. The highest BCUT2D eigenvalue weighted by Gasteiger charge is 2.27. The number of allylic oxidation sites excluding steroid dienone is 1. The number of amides is 1. The maximum Gasteiger partial charge on any atom is 0.410 e. The van der Waals surface area contributed by atoms with Crippen LogP contribution in [0.4, 0.5) is 4.79 Å². The number of likely N-dealkylation sites (tertiary alicyclic amines) is 1. The van der Waals surface area contributed by atoms with Crippen molar-refractivity contribution < 1.29 is 9.53 Å². The van der Waals surface area contributed by atoms with Crippen molar-refractivity contribution in [3.05, 3.63) is 11.8 Å². The van der Waals surface area contributed by atoms with Crippen LogP contribution in [-0.4, -0.2) is 78.0 Å². The SMILES string of the molecule is C#C/C(C)=C\N=C(C)N1CCC(OC(=O)N2CCN(C(C)C)CC2)CC1. The Kier molecular flexibility index (Phi) is 7.52. The van der Waals surface area contributed by atoms with E-state index in [0.717, 1.165) is 63.5 Å². The van der Waals surface area contributed by atoms with Gasteiger partial charge >= 0.3 is 6.09 Å². The minimum atomic E-state index is -0.162. The van der Waals surface area contributed by atoms with E-state index in [1.807, 2.05) is 18.7 Å². The maximum atomic E-state index is 12.4. The van der Waals surface area contributed by atoms with Gasteiger partial charge in [-0.25, -0.2) is 9.79 Å². The molecule has 0 spiro atoms. The molecular formula is C20H32N4O2. The lowest BCUT2D eigenvalue weighted by Crippen LogP contribution is -2.51. The quantitative estimate of drug-likeness (QED) is 0.441. The van der Waals surface area contributed by atoms with Crippen molar-refractivity contribution in [1.29, 1.82) is 0 Å². The van der Waals surface area contributed by atoms with Crippen LogP contribution in [0.3, 0.4) is 0 Å². The van der Waals surface area contributed by atoms with E-state index in [2.05, 4.69) is 34.6 Å². The highest BCUT2D eigenvalue weighted by atomic mass is 16.6. The van der Waals surface area contributed by atoms with Gasteiger partial charge in [0.1, 0.15) is 11.9 Å². The molecule has 0 N–H and O–H groups in total. The van der Waals surface area contributed by atoms with Crippen molar-refractivity contribution in [2.24, 2.45) is 4.99 Å². The number of hydrogen-bond donors (Lipinski definition) is 0. The first-order chi connectivity index (χ1) is 12.4. The van der Waals surface area contributed by atoms with Crippen LogP contribution in [0.1, 0.15) is 40.5 Å². The number of carbonyl (C=O) groups excluding carboxylic acids is 1. The predicted octanol–water partition coefficient (Wildman–Crippen LogP) is 2.57. The summed E-state index contributed by atoms with van der Waals surface area (Å²) >= 11 is 0. The Balaban J connectivity index is 1.75. The number of terminal acetylenes is 1. The monoisotopic (exact) mass is 360 g/mol. The average molecular weight is 361 g/mol. The summed E-state index contributed by atoms with van der Waals surface area (Å²) in [6, 6.07) is 0.529. The van der Waals surface area contributed by atoms with E-state index >= 15 is 0 Å². The first kappa shape index (κ1) is 20.3. The van der Waals surface area contributed by atoms with Gasteiger partial charge in [-0.05, 0) is 27.7 Å². The largest absolute Gasteiger partial charge is 0.446 e. The summed E-state index contributed by atoms with van der Waals surface area (Å²) in [5, 5.41) is 0. The maximum absolute atomic E-state index is 12.4. The van der Waals surface area contributed by atoms with Crippen molar-refractivity contribution in [3.63, 3.8) is 0 Å². The van der Waals surface area contributed by atoms with Gasteiger partial charge in [0, 0.05) is 69.9 Å². The first-order valence-electron chi connectivity index (χ1n) is 9.53. The molecular weight excluding hydrogens is 328 g/mol. The Morgan fingerprint density at radius 1 is 1.12 bits per heavy atom. The standard InChI is InChI=1S/C20H32N4O2/c1-6-17(4)15-21-18(5)23-9-7-19(8-10-23)26-20(25)24-13-11-22(12-14-24)16(2)3/h1,15-16,19H,7-14H2,2-5H3/b17-15-,21-18?. The van der Waals surface area contributed by atoms with E-state index in [1.54, 1.807) is 6.20 Å². The molecule has 144 valence electrons. The molecule has 6 nitrogen and oxygen atoms in total. The fourth-order valence-corrected chi connectivity index (χ4v) is 3.24. The number of piperazine rings is 1. The third-order valence-corrected chi connectivity index (χ3v) is 5.14. The van der Waals surface area contributed by atoms with Gasteiger partial charge in [0.15, 0.2) is 0 Å². The van der Waals surface area contributed by atoms with Crippen LogP contribution in [0.15, 0.2) is 16.8 Å². The normalized spacial score (nSPS) is 21.1. The van der Waals surface area contributed by atoms with E-state index in [4.69, 9.17) is 11.2 Å². The topological polar surface area (TPSA) is 48.4 Å². The molecule has 2 fully saturated rings. The van der Waals surface area contributed by atoms with Crippen molar-refractivity contribution in [2.45, 2.75) is 52.7 Å². The van der Waals surface area contributed by atoms with Crippen LogP contribution in [0.2, 0.25) is 0 Å². The Bertz CT molecular complexity index is 575. The van der Waals surface area contributed by atoms with Gasteiger partial charge in [0.05, 0.1) is 0 Å². The summed E-state index contributed by atoms with van der Waals surface area (Å²) in [6.45, 7) is 13.3. The Labute approximate surface area is 157 Å². The number of nitrogens with zero attached hydrogens (tertiary/aromatic N) is 4. The van der Waals surface area contributed by atoms with Gasteiger partial charge < -0.3 is 14.5 Å². The van der Waals surface area contributed by atoms with E-state index in [1.165, 1.54) is 0 Å². The number of aliphatic imine (C=N–C) groups is 1. The summed E-state index contributed by atoms with van der Waals surface area (Å²) in [5.41, 5.74) is 0.811. The van der Waals surface area contributed by atoms with Crippen molar-refractivity contribution in [3.8, 4) is 12.3 Å². The van der Waals surface area contributed by atoms with Gasteiger partial charge in [-0.2, -0.15) is 0 Å². The summed E-state index contributed by atoms with van der Waals surface area (Å²) in [6.07, 6.45) is 8.56. The lowest BCUT2D eigenvalue weighted by atomic mass is 10.1. The molecule has 2 heterocycles.